The summed E-state index contributed by atoms with van der Waals surface area (Å²) in [5.41, 5.74) is 13.9. The zero-order chi connectivity index (χ0) is 11.4. The van der Waals surface area contributed by atoms with Crippen LogP contribution in [0.4, 0.5) is 5.82 Å². The molecule has 1 aromatic rings. The average Bonchev–Trinajstić information content (AvgIpc) is 2.75. The summed E-state index contributed by atoms with van der Waals surface area (Å²) in [5, 5.41) is 0. The molecule has 16 heavy (non-hydrogen) atoms. The van der Waals surface area contributed by atoms with Crippen molar-refractivity contribution in [1.82, 2.24) is 4.98 Å². The Labute approximate surface area is 96.6 Å². The van der Waals surface area contributed by atoms with E-state index in [-0.39, 0.29) is 0 Å². The van der Waals surface area contributed by atoms with E-state index in [1.807, 2.05) is 0 Å². The topological polar surface area (TPSA) is 68.2 Å². The van der Waals surface area contributed by atoms with Crippen molar-refractivity contribution >= 4 is 5.82 Å². The normalized spacial score (nSPS) is 13.9. The fraction of sp³-hybridized carbons (Fsp3) is 0.583. The fourth-order valence-corrected chi connectivity index (χ4v) is 2.24. The first kappa shape index (κ1) is 11.4. The number of pyridine rings is 1. The maximum atomic E-state index is 5.60. The predicted octanol–water partition coefficient (Wildman–Crippen LogP) is 0.294. The van der Waals surface area contributed by atoms with E-state index in [1.165, 1.54) is 24.1 Å². The van der Waals surface area contributed by atoms with Crippen LogP contribution in [-0.2, 0) is 12.8 Å². The van der Waals surface area contributed by atoms with Crippen LogP contribution in [0.15, 0.2) is 12.1 Å². The first-order valence-electron chi connectivity index (χ1n) is 5.99. The highest BCUT2D eigenvalue weighted by molar-refractivity contribution is 5.43. The molecule has 1 heterocycles. The van der Waals surface area contributed by atoms with Crippen LogP contribution in [0.1, 0.15) is 17.7 Å². The Morgan fingerprint density at radius 3 is 2.56 bits per heavy atom. The third kappa shape index (κ3) is 2.33. The number of nitrogens with zero attached hydrogens (tertiary/aromatic N) is 2. The Morgan fingerprint density at radius 2 is 1.88 bits per heavy atom. The van der Waals surface area contributed by atoms with Crippen molar-refractivity contribution in [3.63, 3.8) is 0 Å². The molecule has 2 rings (SSSR count). The Morgan fingerprint density at radius 1 is 1.12 bits per heavy atom. The van der Waals surface area contributed by atoms with E-state index in [0.29, 0.717) is 13.1 Å². The minimum absolute atomic E-state index is 0.638. The lowest BCUT2D eigenvalue weighted by molar-refractivity contribution is 0.766. The van der Waals surface area contributed by atoms with Crippen molar-refractivity contribution in [2.24, 2.45) is 11.5 Å². The molecular weight excluding hydrogens is 200 g/mol. The van der Waals surface area contributed by atoms with Gasteiger partial charge in [-0.1, -0.05) is 6.07 Å². The van der Waals surface area contributed by atoms with Crippen molar-refractivity contribution in [3.8, 4) is 0 Å². The zero-order valence-electron chi connectivity index (χ0n) is 9.65. The maximum Gasteiger partial charge on any atom is 0.128 e. The number of hydrogen-bond acceptors (Lipinski definition) is 4. The number of anilines is 1. The lowest BCUT2D eigenvalue weighted by atomic mass is 10.2. The molecule has 0 unspecified atom stereocenters. The van der Waals surface area contributed by atoms with Gasteiger partial charge in [0.05, 0.1) is 0 Å². The molecule has 0 aliphatic heterocycles. The third-order valence-corrected chi connectivity index (χ3v) is 3.04. The highest BCUT2D eigenvalue weighted by Crippen LogP contribution is 2.22. The summed E-state index contributed by atoms with van der Waals surface area (Å²) in [6, 6.07) is 4.29. The van der Waals surface area contributed by atoms with Gasteiger partial charge < -0.3 is 16.4 Å². The maximum absolute atomic E-state index is 5.60. The molecule has 4 heteroatoms. The van der Waals surface area contributed by atoms with E-state index in [2.05, 4.69) is 17.0 Å². The van der Waals surface area contributed by atoms with Crippen molar-refractivity contribution < 1.29 is 0 Å². The summed E-state index contributed by atoms with van der Waals surface area (Å²) in [7, 11) is 0. The van der Waals surface area contributed by atoms with Gasteiger partial charge in [0.25, 0.3) is 0 Å². The summed E-state index contributed by atoms with van der Waals surface area (Å²) < 4.78 is 0. The molecule has 4 nitrogen and oxygen atoms in total. The first-order chi connectivity index (χ1) is 7.85. The van der Waals surface area contributed by atoms with Crippen LogP contribution in [0.5, 0.6) is 0 Å². The van der Waals surface area contributed by atoms with E-state index >= 15 is 0 Å². The molecule has 88 valence electrons. The monoisotopic (exact) mass is 220 g/mol. The Bertz CT molecular complexity index is 345. The number of aromatic nitrogens is 1. The van der Waals surface area contributed by atoms with Crippen LogP contribution in [-0.4, -0.2) is 31.2 Å². The number of hydrogen-bond donors (Lipinski definition) is 2. The van der Waals surface area contributed by atoms with Gasteiger partial charge in [0.1, 0.15) is 5.82 Å². The van der Waals surface area contributed by atoms with Gasteiger partial charge in [-0.3, -0.25) is 0 Å². The van der Waals surface area contributed by atoms with Gasteiger partial charge in [-0.15, -0.1) is 0 Å². The van der Waals surface area contributed by atoms with Crippen molar-refractivity contribution in [2.75, 3.05) is 31.1 Å². The summed E-state index contributed by atoms with van der Waals surface area (Å²) in [6.45, 7) is 2.92. The second-order valence-corrected chi connectivity index (χ2v) is 4.19. The zero-order valence-corrected chi connectivity index (χ0v) is 9.65. The molecule has 0 radical (unpaired) electrons. The molecule has 1 aromatic heterocycles. The minimum Gasteiger partial charge on any atom is -0.354 e. The molecule has 0 atom stereocenters. The second-order valence-electron chi connectivity index (χ2n) is 4.19. The van der Waals surface area contributed by atoms with Crippen molar-refractivity contribution in [3.05, 3.63) is 23.4 Å². The largest absolute Gasteiger partial charge is 0.354 e. The molecule has 0 aromatic carbocycles. The van der Waals surface area contributed by atoms with E-state index in [9.17, 15) is 0 Å². The molecule has 4 N–H and O–H groups in total. The average molecular weight is 220 g/mol. The van der Waals surface area contributed by atoms with Gasteiger partial charge in [0.15, 0.2) is 0 Å². The van der Waals surface area contributed by atoms with Crippen LogP contribution in [0.3, 0.4) is 0 Å². The molecule has 0 spiro atoms. The molecular formula is C12H20N4. The molecule has 0 fully saturated rings. The van der Waals surface area contributed by atoms with Crippen LogP contribution >= 0.6 is 0 Å². The fourth-order valence-electron chi connectivity index (χ4n) is 2.24. The Kier molecular flexibility index (Phi) is 3.74. The Balaban J connectivity index is 2.17. The quantitative estimate of drug-likeness (QED) is 0.748. The van der Waals surface area contributed by atoms with E-state index in [4.69, 9.17) is 16.5 Å². The second kappa shape index (κ2) is 5.27. The van der Waals surface area contributed by atoms with Gasteiger partial charge in [-0.05, 0) is 30.9 Å². The summed E-state index contributed by atoms with van der Waals surface area (Å²) in [4.78, 5) is 6.87. The summed E-state index contributed by atoms with van der Waals surface area (Å²) in [6.07, 6.45) is 3.53. The van der Waals surface area contributed by atoms with Gasteiger partial charge in [-0.25, -0.2) is 4.98 Å². The number of nitrogens with two attached hydrogens (primary N) is 2. The first-order valence-corrected chi connectivity index (χ1v) is 5.99. The van der Waals surface area contributed by atoms with E-state index < -0.39 is 0 Å². The highest BCUT2D eigenvalue weighted by atomic mass is 15.2. The van der Waals surface area contributed by atoms with E-state index in [0.717, 1.165) is 25.3 Å². The highest BCUT2D eigenvalue weighted by Gasteiger charge is 2.14. The number of aryl methyl sites for hydroxylation is 2. The minimum atomic E-state index is 0.638. The van der Waals surface area contributed by atoms with Crippen LogP contribution in [0.25, 0.3) is 0 Å². The smallest absolute Gasteiger partial charge is 0.128 e. The number of rotatable bonds is 5. The lowest BCUT2D eigenvalue weighted by Gasteiger charge is -2.22. The molecule has 0 bridgehead atoms. The summed E-state index contributed by atoms with van der Waals surface area (Å²) >= 11 is 0. The summed E-state index contributed by atoms with van der Waals surface area (Å²) in [5.74, 6) is 1.02. The van der Waals surface area contributed by atoms with E-state index in [1.54, 1.807) is 0 Å². The Hall–Kier alpha value is -1.13. The number of fused-ring (bicyclic) bond motifs is 1. The van der Waals surface area contributed by atoms with Crippen molar-refractivity contribution in [2.45, 2.75) is 19.3 Å². The van der Waals surface area contributed by atoms with Gasteiger partial charge >= 0.3 is 0 Å². The molecule has 0 saturated carbocycles. The third-order valence-electron chi connectivity index (χ3n) is 3.04. The van der Waals surface area contributed by atoms with Gasteiger partial charge in [0.2, 0.25) is 0 Å². The standard InChI is InChI=1S/C12H20N4/c13-6-8-16(9-7-14)12-5-4-10-2-1-3-11(10)15-12/h4-5H,1-3,6-9,13-14H2. The van der Waals surface area contributed by atoms with Crippen LogP contribution < -0.4 is 16.4 Å². The van der Waals surface area contributed by atoms with Gasteiger partial charge in [0, 0.05) is 31.9 Å². The molecule has 0 amide bonds. The SMILES string of the molecule is NCCN(CCN)c1ccc2c(n1)CCC2. The van der Waals surface area contributed by atoms with Crippen LogP contribution in [0, 0.1) is 0 Å². The van der Waals surface area contributed by atoms with Crippen molar-refractivity contribution in [1.29, 1.82) is 0 Å². The predicted molar refractivity (Wildman–Crippen MR) is 66.6 cm³/mol. The van der Waals surface area contributed by atoms with Gasteiger partial charge in [-0.2, -0.15) is 0 Å². The van der Waals surface area contributed by atoms with Crippen LogP contribution in [0.2, 0.25) is 0 Å². The molecule has 1 aliphatic carbocycles. The molecule has 0 saturated heterocycles. The molecule has 1 aliphatic rings. The lowest BCUT2D eigenvalue weighted by Crippen LogP contribution is -2.34.